The van der Waals surface area contributed by atoms with Crippen LogP contribution in [-0.4, -0.2) is 22.0 Å². The fraction of sp³-hybridized carbons (Fsp3) is 0.286. The first kappa shape index (κ1) is 14.0. The molecule has 1 aromatic carbocycles. The number of hydrogen-bond acceptors (Lipinski definition) is 5. The minimum atomic E-state index is -0.398. The van der Waals surface area contributed by atoms with Gasteiger partial charge in [-0.05, 0) is 25.1 Å². The molecule has 1 N–H and O–H groups in total. The predicted octanol–water partition coefficient (Wildman–Crippen LogP) is 1.83. The number of halogens is 1. The van der Waals surface area contributed by atoms with Crippen LogP contribution in [0, 0.1) is 24.6 Å². The van der Waals surface area contributed by atoms with Gasteiger partial charge in [0.15, 0.2) is 0 Å². The Bertz CT molecular complexity index is 643. The van der Waals surface area contributed by atoms with E-state index >= 15 is 0 Å². The standard InChI is InChI=1S/C14H13FN2O3/c1-10-13(17-20-16-10)9-19-14-6-5-12(15)8-11(14)4-2-3-7-18/h5-6,8,18H,3,7,9H2,1H3. The van der Waals surface area contributed by atoms with Crippen molar-refractivity contribution in [3.05, 3.63) is 41.0 Å². The van der Waals surface area contributed by atoms with Crippen LogP contribution in [0.3, 0.4) is 0 Å². The average Bonchev–Trinajstić information content (AvgIpc) is 2.84. The molecule has 2 rings (SSSR count). The highest BCUT2D eigenvalue weighted by molar-refractivity contribution is 5.46. The molecule has 0 fully saturated rings. The molecular formula is C14H13FN2O3. The van der Waals surface area contributed by atoms with E-state index in [1.54, 1.807) is 6.92 Å². The van der Waals surface area contributed by atoms with Crippen molar-refractivity contribution in [2.24, 2.45) is 0 Å². The van der Waals surface area contributed by atoms with Crippen LogP contribution in [-0.2, 0) is 6.61 Å². The van der Waals surface area contributed by atoms with E-state index < -0.39 is 5.82 Å². The molecule has 104 valence electrons. The molecule has 0 aliphatic heterocycles. The van der Waals surface area contributed by atoms with Crippen molar-refractivity contribution in [2.75, 3.05) is 6.61 Å². The summed E-state index contributed by atoms with van der Waals surface area (Å²) in [6.07, 6.45) is 0.322. The first-order valence-corrected chi connectivity index (χ1v) is 6.01. The van der Waals surface area contributed by atoms with Crippen molar-refractivity contribution in [3.63, 3.8) is 0 Å². The fourth-order valence-electron chi connectivity index (χ4n) is 1.47. The fourth-order valence-corrected chi connectivity index (χ4v) is 1.47. The van der Waals surface area contributed by atoms with Crippen molar-refractivity contribution in [1.29, 1.82) is 0 Å². The Balaban J connectivity index is 2.15. The van der Waals surface area contributed by atoms with Gasteiger partial charge in [-0.3, -0.25) is 0 Å². The first-order chi connectivity index (χ1) is 9.70. The van der Waals surface area contributed by atoms with E-state index in [9.17, 15) is 4.39 Å². The topological polar surface area (TPSA) is 68.4 Å². The maximum atomic E-state index is 13.2. The molecule has 0 aliphatic carbocycles. The SMILES string of the molecule is Cc1nonc1COc1ccc(F)cc1C#CCCO. The Morgan fingerprint density at radius 3 is 2.95 bits per heavy atom. The van der Waals surface area contributed by atoms with E-state index in [0.29, 0.717) is 29.1 Å². The number of nitrogens with zero attached hydrogens (tertiary/aromatic N) is 2. The summed E-state index contributed by atoms with van der Waals surface area (Å²) in [5.74, 6) is 5.54. The van der Waals surface area contributed by atoms with Crippen LogP contribution >= 0.6 is 0 Å². The summed E-state index contributed by atoms with van der Waals surface area (Å²) in [5, 5.41) is 16.0. The Morgan fingerprint density at radius 2 is 2.25 bits per heavy atom. The van der Waals surface area contributed by atoms with Crippen LogP contribution in [0.15, 0.2) is 22.8 Å². The minimum absolute atomic E-state index is 0.0394. The lowest BCUT2D eigenvalue weighted by atomic mass is 10.2. The lowest BCUT2D eigenvalue weighted by Crippen LogP contribution is -1.99. The van der Waals surface area contributed by atoms with Crippen LogP contribution in [0.5, 0.6) is 5.75 Å². The molecule has 1 heterocycles. The predicted molar refractivity (Wildman–Crippen MR) is 68.3 cm³/mol. The Kier molecular flexibility index (Phi) is 4.69. The van der Waals surface area contributed by atoms with Crippen molar-refractivity contribution < 1.29 is 18.9 Å². The number of aryl methyl sites for hydroxylation is 1. The van der Waals surface area contributed by atoms with Crippen molar-refractivity contribution in [2.45, 2.75) is 20.0 Å². The lowest BCUT2D eigenvalue weighted by molar-refractivity contribution is 0.269. The molecule has 0 bridgehead atoms. The molecule has 0 saturated carbocycles. The molecule has 20 heavy (non-hydrogen) atoms. The molecule has 5 nitrogen and oxygen atoms in total. The van der Waals surface area contributed by atoms with E-state index in [1.807, 2.05) is 0 Å². The number of benzene rings is 1. The quantitative estimate of drug-likeness (QED) is 0.863. The maximum Gasteiger partial charge on any atom is 0.145 e. The largest absolute Gasteiger partial charge is 0.486 e. The molecule has 0 spiro atoms. The molecule has 0 radical (unpaired) electrons. The summed E-state index contributed by atoms with van der Waals surface area (Å²) in [7, 11) is 0. The number of hydrogen-bond donors (Lipinski definition) is 1. The summed E-state index contributed by atoms with van der Waals surface area (Å²) >= 11 is 0. The van der Waals surface area contributed by atoms with Gasteiger partial charge in [0.2, 0.25) is 0 Å². The normalized spacial score (nSPS) is 9.95. The highest BCUT2D eigenvalue weighted by atomic mass is 19.1. The van der Waals surface area contributed by atoms with Gasteiger partial charge in [0.1, 0.15) is 29.6 Å². The number of aliphatic hydroxyl groups is 1. The third-order valence-electron chi connectivity index (χ3n) is 2.51. The maximum absolute atomic E-state index is 13.2. The van der Waals surface area contributed by atoms with E-state index in [0.717, 1.165) is 0 Å². The minimum Gasteiger partial charge on any atom is -0.486 e. The molecule has 6 heteroatoms. The van der Waals surface area contributed by atoms with Gasteiger partial charge < -0.3 is 9.84 Å². The van der Waals surface area contributed by atoms with Gasteiger partial charge >= 0.3 is 0 Å². The monoisotopic (exact) mass is 276 g/mol. The summed E-state index contributed by atoms with van der Waals surface area (Å²) < 4.78 is 23.3. The average molecular weight is 276 g/mol. The summed E-state index contributed by atoms with van der Waals surface area (Å²) in [6, 6.07) is 4.08. The zero-order chi connectivity index (χ0) is 14.4. The number of aromatic nitrogens is 2. The smallest absolute Gasteiger partial charge is 0.145 e. The van der Waals surface area contributed by atoms with Crippen LogP contribution < -0.4 is 4.74 Å². The van der Waals surface area contributed by atoms with E-state index in [-0.39, 0.29) is 13.2 Å². The van der Waals surface area contributed by atoms with Crippen LogP contribution in [0.25, 0.3) is 0 Å². The van der Waals surface area contributed by atoms with Crippen molar-refractivity contribution in [1.82, 2.24) is 10.3 Å². The third kappa shape index (κ3) is 3.56. The molecule has 0 atom stereocenters. The highest BCUT2D eigenvalue weighted by Crippen LogP contribution is 2.20. The van der Waals surface area contributed by atoms with Gasteiger partial charge in [-0.15, -0.1) is 0 Å². The van der Waals surface area contributed by atoms with E-state index in [2.05, 4.69) is 26.8 Å². The number of rotatable bonds is 4. The van der Waals surface area contributed by atoms with E-state index in [1.165, 1.54) is 18.2 Å². The second kappa shape index (κ2) is 6.68. The Morgan fingerprint density at radius 1 is 1.40 bits per heavy atom. The second-order valence-electron chi connectivity index (χ2n) is 4.00. The van der Waals surface area contributed by atoms with Crippen molar-refractivity contribution >= 4 is 0 Å². The van der Waals surface area contributed by atoms with Gasteiger partial charge in [-0.2, -0.15) is 0 Å². The molecule has 0 unspecified atom stereocenters. The molecule has 2 aromatic rings. The van der Waals surface area contributed by atoms with Gasteiger partial charge in [0.25, 0.3) is 0 Å². The molecule has 0 saturated heterocycles. The summed E-state index contributed by atoms with van der Waals surface area (Å²) in [5.41, 5.74) is 1.64. The highest BCUT2D eigenvalue weighted by Gasteiger charge is 2.08. The van der Waals surface area contributed by atoms with Crippen LogP contribution in [0.4, 0.5) is 4.39 Å². The van der Waals surface area contributed by atoms with Gasteiger partial charge in [0.05, 0.1) is 12.2 Å². The molecular weight excluding hydrogens is 263 g/mol. The van der Waals surface area contributed by atoms with Crippen molar-refractivity contribution in [3.8, 4) is 17.6 Å². The molecule has 1 aromatic heterocycles. The van der Waals surface area contributed by atoms with Crippen LogP contribution in [0.1, 0.15) is 23.4 Å². The first-order valence-electron chi connectivity index (χ1n) is 6.01. The summed E-state index contributed by atoms with van der Waals surface area (Å²) in [6.45, 7) is 1.87. The second-order valence-corrected chi connectivity index (χ2v) is 4.00. The number of aliphatic hydroxyl groups excluding tert-OH is 1. The Labute approximate surface area is 115 Å². The lowest BCUT2D eigenvalue weighted by Gasteiger charge is -2.06. The zero-order valence-electron chi connectivity index (χ0n) is 10.9. The summed E-state index contributed by atoms with van der Waals surface area (Å²) in [4.78, 5) is 0. The van der Waals surface area contributed by atoms with Gasteiger partial charge in [-0.1, -0.05) is 22.2 Å². The zero-order valence-corrected chi connectivity index (χ0v) is 10.9. The Hall–Kier alpha value is -2.39. The third-order valence-corrected chi connectivity index (χ3v) is 2.51. The number of ether oxygens (including phenoxy) is 1. The molecule has 0 amide bonds. The van der Waals surface area contributed by atoms with Crippen LogP contribution in [0.2, 0.25) is 0 Å². The van der Waals surface area contributed by atoms with E-state index in [4.69, 9.17) is 9.84 Å². The molecule has 0 aliphatic rings. The van der Waals surface area contributed by atoms with Gasteiger partial charge in [-0.25, -0.2) is 9.02 Å². The van der Waals surface area contributed by atoms with Gasteiger partial charge in [0, 0.05) is 6.42 Å².